The predicted molar refractivity (Wildman–Crippen MR) is 111 cm³/mol. The maximum atomic E-state index is 12.8. The van der Waals surface area contributed by atoms with Crippen molar-refractivity contribution in [3.05, 3.63) is 54.1 Å². The molecule has 0 amide bonds. The number of hydrogen-bond acceptors (Lipinski definition) is 3. The minimum absolute atomic E-state index is 0.132. The third-order valence-electron chi connectivity index (χ3n) is 6.29. The molecule has 1 saturated carbocycles. The minimum Gasteiger partial charge on any atom is -0.490 e. The molecule has 0 atom stereocenters. The number of aliphatic carboxylic acids is 1. The lowest BCUT2D eigenvalue weighted by Crippen LogP contribution is -2.49. The number of hydrogen-bond donors (Lipinski definition) is 1. The second-order valence-electron chi connectivity index (χ2n) is 8.58. The van der Waals surface area contributed by atoms with Crippen LogP contribution in [0.15, 0.2) is 48.5 Å². The van der Waals surface area contributed by atoms with Gasteiger partial charge < -0.3 is 9.84 Å². The summed E-state index contributed by atoms with van der Waals surface area (Å²) in [6, 6.07) is 15.8. The van der Waals surface area contributed by atoms with Gasteiger partial charge in [-0.2, -0.15) is 13.2 Å². The van der Waals surface area contributed by atoms with Crippen molar-refractivity contribution >= 4 is 5.97 Å². The Hall–Kier alpha value is -2.54. The Balaban J connectivity index is 1.28. The second kappa shape index (κ2) is 8.91. The van der Waals surface area contributed by atoms with Crippen molar-refractivity contribution in [1.82, 2.24) is 4.90 Å². The molecular weight excluding hydrogens is 407 g/mol. The third kappa shape index (κ3) is 5.39. The van der Waals surface area contributed by atoms with Gasteiger partial charge in [0.15, 0.2) is 0 Å². The van der Waals surface area contributed by atoms with E-state index in [4.69, 9.17) is 9.84 Å². The van der Waals surface area contributed by atoms with E-state index in [1.165, 1.54) is 0 Å². The number of rotatable bonds is 6. The first-order valence-electron chi connectivity index (χ1n) is 10.7. The van der Waals surface area contributed by atoms with Gasteiger partial charge in [0.25, 0.3) is 0 Å². The SMILES string of the molecule is O=C(O)C1CN(Cc2ccc(-c3ccc(OC4CCC(C(F)(F)F)CC4)cc3)cc2)C1. The van der Waals surface area contributed by atoms with E-state index >= 15 is 0 Å². The zero-order valence-corrected chi connectivity index (χ0v) is 17.1. The summed E-state index contributed by atoms with van der Waals surface area (Å²) < 4.78 is 44.3. The van der Waals surface area contributed by atoms with E-state index in [0.29, 0.717) is 31.7 Å². The molecule has 2 aliphatic rings. The molecule has 4 rings (SSSR count). The molecule has 7 heteroatoms. The normalized spacial score (nSPS) is 22.7. The number of alkyl halides is 3. The summed E-state index contributed by atoms with van der Waals surface area (Å²) in [5, 5.41) is 8.95. The molecule has 1 aliphatic carbocycles. The highest BCUT2D eigenvalue weighted by Gasteiger charge is 2.41. The molecule has 4 nitrogen and oxygen atoms in total. The van der Waals surface area contributed by atoms with E-state index in [-0.39, 0.29) is 24.9 Å². The summed E-state index contributed by atoms with van der Waals surface area (Å²) in [6.45, 7) is 1.93. The van der Waals surface area contributed by atoms with Crippen molar-refractivity contribution in [2.24, 2.45) is 11.8 Å². The van der Waals surface area contributed by atoms with Crippen LogP contribution in [0.3, 0.4) is 0 Å². The third-order valence-corrected chi connectivity index (χ3v) is 6.29. The smallest absolute Gasteiger partial charge is 0.391 e. The number of carboxylic acids is 1. The van der Waals surface area contributed by atoms with E-state index in [1.54, 1.807) is 0 Å². The van der Waals surface area contributed by atoms with E-state index < -0.39 is 18.1 Å². The van der Waals surface area contributed by atoms with Crippen LogP contribution < -0.4 is 4.74 Å². The van der Waals surface area contributed by atoms with Crippen molar-refractivity contribution < 1.29 is 27.8 Å². The van der Waals surface area contributed by atoms with Crippen molar-refractivity contribution in [3.8, 4) is 16.9 Å². The minimum atomic E-state index is -4.10. The van der Waals surface area contributed by atoms with Gasteiger partial charge in [-0.05, 0) is 54.5 Å². The van der Waals surface area contributed by atoms with Gasteiger partial charge in [0.05, 0.1) is 17.9 Å². The molecule has 2 fully saturated rings. The van der Waals surface area contributed by atoms with E-state index in [2.05, 4.69) is 4.90 Å². The van der Waals surface area contributed by atoms with Gasteiger partial charge in [-0.3, -0.25) is 9.69 Å². The topological polar surface area (TPSA) is 49.8 Å². The molecular formula is C24H26F3NO3. The molecule has 1 N–H and O–H groups in total. The monoisotopic (exact) mass is 433 g/mol. The predicted octanol–water partition coefficient (Wildman–Crippen LogP) is 5.37. The molecule has 166 valence electrons. The molecule has 1 aliphatic heterocycles. The van der Waals surface area contributed by atoms with Gasteiger partial charge >= 0.3 is 12.1 Å². The van der Waals surface area contributed by atoms with Gasteiger partial charge in [0.1, 0.15) is 5.75 Å². The number of likely N-dealkylation sites (tertiary alicyclic amines) is 1. The Morgan fingerprint density at radius 1 is 0.935 bits per heavy atom. The Bertz CT molecular complexity index is 882. The lowest BCUT2D eigenvalue weighted by molar-refractivity contribution is -0.185. The fourth-order valence-electron chi connectivity index (χ4n) is 4.34. The molecule has 0 unspecified atom stereocenters. The number of nitrogens with zero attached hydrogens (tertiary/aromatic N) is 1. The Morgan fingerprint density at radius 3 is 2.00 bits per heavy atom. The average molecular weight is 433 g/mol. The van der Waals surface area contributed by atoms with Gasteiger partial charge in [0.2, 0.25) is 0 Å². The van der Waals surface area contributed by atoms with Crippen LogP contribution in [0.4, 0.5) is 13.2 Å². The van der Waals surface area contributed by atoms with E-state index in [1.807, 2.05) is 48.5 Å². The van der Waals surface area contributed by atoms with Crippen LogP contribution in [0.5, 0.6) is 5.75 Å². The number of carboxylic acid groups (broad SMARTS) is 1. The zero-order valence-electron chi connectivity index (χ0n) is 17.1. The van der Waals surface area contributed by atoms with Gasteiger partial charge in [-0.15, -0.1) is 0 Å². The highest BCUT2D eigenvalue weighted by Crippen LogP contribution is 2.38. The molecule has 0 bridgehead atoms. The Labute approximate surface area is 179 Å². The first-order valence-corrected chi connectivity index (χ1v) is 10.7. The quantitative estimate of drug-likeness (QED) is 0.666. The van der Waals surface area contributed by atoms with Crippen LogP contribution in [0.1, 0.15) is 31.2 Å². The van der Waals surface area contributed by atoms with Crippen LogP contribution in [0.25, 0.3) is 11.1 Å². The highest BCUT2D eigenvalue weighted by molar-refractivity contribution is 5.71. The van der Waals surface area contributed by atoms with Crippen molar-refractivity contribution in [2.75, 3.05) is 13.1 Å². The summed E-state index contributed by atoms with van der Waals surface area (Å²) in [7, 11) is 0. The van der Waals surface area contributed by atoms with Crippen molar-refractivity contribution in [3.63, 3.8) is 0 Å². The largest absolute Gasteiger partial charge is 0.490 e. The van der Waals surface area contributed by atoms with E-state index in [0.717, 1.165) is 23.2 Å². The number of carbonyl (C=O) groups is 1. The highest BCUT2D eigenvalue weighted by atomic mass is 19.4. The van der Waals surface area contributed by atoms with Crippen molar-refractivity contribution in [1.29, 1.82) is 0 Å². The van der Waals surface area contributed by atoms with Crippen LogP contribution in [-0.4, -0.2) is 41.3 Å². The molecule has 1 saturated heterocycles. The average Bonchev–Trinajstić information content (AvgIpc) is 2.71. The lowest BCUT2D eigenvalue weighted by Gasteiger charge is -2.36. The molecule has 0 aromatic heterocycles. The van der Waals surface area contributed by atoms with Crippen LogP contribution in [0, 0.1) is 11.8 Å². The Morgan fingerprint density at radius 2 is 1.48 bits per heavy atom. The first-order chi connectivity index (χ1) is 14.8. The number of ether oxygens (including phenoxy) is 1. The summed E-state index contributed by atoms with van der Waals surface area (Å²) >= 11 is 0. The first kappa shape index (κ1) is 21.7. The van der Waals surface area contributed by atoms with Gasteiger partial charge in [0, 0.05) is 19.6 Å². The standard InChI is InChI=1S/C24H26F3NO3/c25-24(26,27)20-7-11-22(12-8-20)31-21-9-5-18(6-10-21)17-3-1-16(2-4-17)13-28-14-19(15-28)23(29)30/h1-6,9-10,19-20,22H,7-8,11-15H2,(H,29,30). The second-order valence-corrected chi connectivity index (χ2v) is 8.58. The number of halogens is 3. The maximum absolute atomic E-state index is 12.8. The summed E-state index contributed by atoms with van der Waals surface area (Å²) in [5.74, 6) is -1.49. The fraction of sp³-hybridized carbons (Fsp3) is 0.458. The van der Waals surface area contributed by atoms with E-state index in [9.17, 15) is 18.0 Å². The fourth-order valence-corrected chi connectivity index (χ4v) is 4.34. The molecule has 0 radical (unpaired) electrons. The molecule has 2 aromatic rings. The molecule has 1 heterocycles. The maximum Gasteiger partial charge on any atom is 0.391 e. The number of benzene rings is 2. The lowest BCUT2D eigenvalue weighted by atomic mass is 9.87. The molecule has 2 aromatic carbocycles. The Kier molecular flexibility index (Phi) is 6.23. The molecule has 31 heavy (non-hydrogen) atoms. The van der Waals surface area contributed by atoms with Gasteiger partial charge in [-0.25, -0.2) is 0 Å². The van der Waals surface area contributed by atoms with Crippen LogP contribution >= 0.6 is 0 Å². The summed E-state index contributed by atoms with van der Waals surface area (Å²) in [4.78, 5) is 13.0. The van der Waals surface area contributed by atoms with Crippen LogP contribution in [0.2, 0.25) is 0 Å². The zero-order chi connectivity index (χ0) is 22.0. The summed E-state index contributed by atoms with van der Waals surface area (Å²) in [6.07, 6.45) is -3.14. The van der Waals surface area contributed by atoms with Crippen molar-refractivity contribution in [2.45, 2.75) is 44.5 Å². The summed E-state index contributed by atoms with van der Waals surface area (Å²) in [5.41, 5.74) is 3.24. The van der Waals surface area contributed by atoms with Gasteiger partial charge in [-0.1, -0.05) is 36.4 Å². The molecule has 0 spiro atoms. The van der Waals surface area contributed by atoms with Crippen LogP contribution in [-0.2, 0) is 11.3 Å².